The Kier molecular flexibility index (Phi) is 5.22. The normalized spacial score (nSPS) is 25.2. The lowest BCUT2D eigenvalue weighted by Crippen LogP contribution is -2.35. The number of nitrogens with two attached hydrogens (primary N) is 2. The van der Waals surface area contributed by atoms with Gasteiger partial charge < -0.3 is 26.0 Å². The molecule has 2 fully saturated rings. The molecule has 0 spiro atoms. The van der Waals surface area contributed by atoms with Crippen LogP contribution in [0.1, 0.15) is 47.6 Å². The van der Waals surface area contributed by atoms with E-state index in [1.165, 1.54) is 12.1 Å². The van der Waals surface area contributed by atoms with Crippen molar-refractivity contribution in [3.05, 3.63) is 76.2 Å². The molecule has 0 radical (unpaired) electrons. The number of anilines is 1. The fraction of sp³-hybridized carbons (Fsp3) is 0.360. The molecule has 8 heteroatoms. The van der Waals surface area contributed by atoms with E-state index in [0.717, 1.165) is 12.8 Å². The Morgan fingerprint density at radius 3 is 2.42 bits per heavy atom. The summed E-state index contributed by atoms with van der Waals surface area (Å²) >= 11 is 0. The molecular formula is C25H27FN4O3. The molecule has 172 valence electrons. The maximum absolute atomic E-state index is 15.3. The average Bonchev–Trinajstić information content (AvgIpc) is 3.45. The van der Waals surface area contributed by atoms with Crippen LogP contribution < -0.4 is 11.5 Å². The van der Waals surface area contributed by atoms with Gasteiger partial charge >= 0.3 is 0 Å². The van der Waals surface area contributed by atoms with Crippen molar-refractivity contribution in [1.29, 1.82) is 0 Å². The number of fused-ring (bicyclic) bond motifs is 1. The molecule has 2 unspecified atom stereocenters. The van der Waals surface area contributed by atoms with Gasteiger partial charge in [-0.3, -0.25) is 9.59 Å². The van der Waals surface area contributed by atoms with Gasteiger partial charge in [-0.1, -0.05) is 18.2 Å². The number of likely N-dealkylation sites (tertiary alicyclic amines) is 1. The molecule has 33 heavy (non-hydrogen) atoms. The van der Waals surface area contributed by atoms with Crippen LogP contribution in [0.2, 0.25) is 0 Å². The number of benzene rings is 2. The molecule has 3 aliphatic rings. The second-order valence-electron chi connectivity index (χ2n) is 8.61. The van der Waals surface area contributed by atoms with Gasteiger partial charge in [0, 0.05) is 42.5 Å². The Morgan fingerprint density at radius 1 is 1.06 bits per heavy atom. The number of nitrogen functional groups attached to an aromatic ring is 1. The van der Waals surface area contributed by atoms with Crippen LogP contribution in [0.25, 0.3) is 0 Å². The smallest absolute Gasteiger partial charge is 0.256 e. The van der Waals surface area contributed by atoms with Gasteiger partial charge in [-0.2, -0.15) is 0 Å². The lowest BCUT2D eigenvalue weighted by molar-refractivity contribution is -0.114. The zero-order valence-electron chi connectivity index (χ0n) is 19.2. The highest BCUT2D eigenvalue weighted by molar-refractivity contribution is 5.96. The highest BCUT2D eigenvalue weighted by atomic mass is 19.1. The highest BCUT2D eigenvalue weighted by Crippen LogP contribution is 2.50. The number of morpholine rings is 1. The van der Waals surface area contributed by atoms with Crippen molar-refractivity contribution in [2.75, 3.05) is 38.6 Å². The predicted octanol–water partition coefficient (Wildman–Crippen LogP) is 2.55. The van der Waals surface area contributed by atoms with Gasteiger partial charge in [0.2, 0.25) is 5.91 Å². The molecule has 2 aromatic rings. The third-order valence-electron chi connectivity index (χ3n) is 6.61. The molecule has 0 bridgehead atoms. The van der Waals surface area contributed by atoms with E-state index in [2.05, 4.69) is 0 Å². The third-order valence-corrected chi connectivity index (χ3v) is 6.61. The number of amides is 2. The molecule has 2 aromatic carbocycles. The molecule has 5 rings (SSSR count). The summed E-state index contributed by atoms with van der Waals surface area (Å²) in [7, 11) is 0. The van der Waals surface area contributed by atoms with Crippen LogP contribution in [0.4, 0.5) is 10.1 Å². The van der Waals surface area contributed by atoms with E-state index in [-0.39, 0.29) is 23.7 Å². The Morgan fingerprint density at radius 2 is 1.76 bits per heavy atom. The van der Waals surface area contributed by atoms with Crippen LogP contribution in [0.5, 0.6) is 0 Å². The first-order valence-corrected chi connectivity index (χ1v) is 11.2. The van der Waals surface area contributed by atoms with Gasteiger partial charge in [0.15, 0.2) is 0 Å². The van der Waals surface area contributed by atoms with E-state index in [1.54, 1.807) is 35.2 Å². The van der Waals surface area contributed by atoms with E-state index in [4.69, 9.17) is 16.2 Å². The third kappa shape index (κ3) is 3.74. The van der Waals surface area contributed by atoms with Crippen molar-refractivity contribution in [3.63, 3.8) is 0 Å². The summed E-state index contributed by atoms with van der Waals surface area (Å²) in [6, 6.07) is 9.75. The molecule has 0 aromatic heterocycles. The van der Waals surface area contributed by atoms with E-state index >= 15 is 4.39 Å². The Balaban J connectivity index is 1.64. The summed E-state index contributed by atoms with van der Waals surface area (Å²) in [6.07, 6.45) is 1.81. The van der Waals surface area contributed by atoms with Crippen LogP contribution in [-0.2, 0) is 9.53 Å². The summed E-state index contributed by atoms with van der Waals surface area (Å²) in [5.74, 6) is -2.58. The number of nitrogens with zero attached hydrogens (tertiary/aromatic N) is 2. The van der Waals surface area contributed by atoms with E-state index in [9.17, 15) is 11.0 Å². The van der Waals surface area contributed by atoms with Crippen LogP contribution in [0.15, 0.2) is 53.7 Å². The number of hydrogen-bond acceptors (Lipinski definition) is 5. The minimum absolute atomic E-state index is 0.0129. The summed E-state index contributed by atoms with van der Waals surface area (Å²) in [5, 5.41) is 0. The number of rotatable bonds is 4. The van der Waals surface area contributed by atoms with Crippen molar-refractivity contribution in [2.24, 2.45) is 5.73 Å². The highest BCUT2D eigenvalue weighted by Gasteiger charge is 2.45. The quantitative estimate of drug-likeness (QED) is 0.696. The first-order chi connectivity index (χ1) is 16.3. The minimum Gasteiger partial charge on any atom is -0.399 e. The number of carbonyl (C=O) groups excluding carboxylic acids is 2. The van der Waals surface area contributed by atoms with E-state index in [0.29, 0.717) is 48.8 Å². The standard InChI is InChI=1S/C25H27FN4O3/c26-19-13-16(5-8-18(19)25(32)29-9-1-2-10-29)21-22(24(28)31)20-14-33-12-11-30(20)23(21)15-3-6-17(27)7-4-15/h3-8,13,21,23H,1-2,9-12,14,27H2,(H2,28,31)/i23D. The maximum atomic E-state index is 15.3. The molecule has 2 amide bonds. The summed E-state index contributed by atoms with van der Waals surface area (Å²) in [4.78, 5) is 28.9. The molecule has 0 aliphatic carbocycles. The predicted molar refractivity (Wildman–Crippen MR) is 122 cm³/mol. The van der Waals surface area contributed by atoms with Gasteiger partial charge in [0.05, 0.1) is 26.2 Å². The van der Waals surface area contributed by atoms with Crippen molar-refractivity contribution in [3.8, 4) is 0 Å². The van der Waals surface area contributed by atoms with E-state index in [1.807, 2.05) is 4.90 Å². The van der Waals surface area contributed by atoms with Crippen LogP contribution in [0.3, 0.4) is 0 Å². The first-order valence-electron chi connectivity index (χ1n) is 11.7. The van der Waals surface area contributed by atoms with Crippen molar-refractivity contribution >= 4 is 17.5 Å². The van der Waals surface area contributed by atoms with Gasteiger partial charge in [0.25, 0.3) is 5.91 Å². The molecule has 0 saturated carbocycles. The van der Waals surface area contributed by atoms with Crippen LogP contribution >= 0.6 is 0 Å². The second kappa shape index (κ2) is 8.51. The van der Waals surface area contributed by atoms with Crippen LogP contribution in [0, 0.1) is 5.82 Å². The monoisotopic (exact) mass is 451 g/mol. The van der Waals surface area contributed by atoms with Crippen molar-refractivity contribution in [2.45, 2.75) is 24.8 Å². The molecule has 3 aliphatic heterocycles. The molecule has 7 nitrogen and oxygen atoms in total. The molecule has 3 heterocycles. The Hall–Kier alpha value is -3.39. The Bertz CT molecular complexity index is 1180. The average molecular weight is 452 g/mol. The fourth-order valence-corrected chi connectivity index (χ4v) is 5.05. The minimum atomic E-state index is -1.47. The van der Waals surface area contributed by atoms with Gasteiger partial charge in [0.1, 0.15) is 5.82 Å². The first kappa shape index (κ1) is 20.2. The fourth-order valence-electron chi connectivity index (χ4n) is 5.05. The second-order valence-corrected chi connectivity index (χ2v) is 8.61. The van der Waals surface area contributed by atoms with E-state index < -0.39 is 23.7 Å². The zero-order chi connectivity index (χ0) is 24.0. The lowest BCUT2D eigenvalue weighted by Gasteiger charge is -2.35. The summed E-state index contributed by atoms with van der Waals surface area (Å²) < 4.78 is 30.6. The number of halogens is 1. The Labute approximate surface area is 193 Å². The number of primary amides is 1. The van der Waals surface area contributed by atoms with Crippen molar-refractivity contribution < 1.29 is 20.1 Å². The summed E-state index contributed by atoms with van der Waals surface area (Å²) in [5.41, 5.74) is 14.0. The van der Waals surface area contributed by atoms with Gasteiger partial charge in [-0.15, -0.1) is 0 Å². The molecular weight excluding hydrogens is 423 g/mol. The maximum Gasteiger partial charge on any atom is 0.256 e. The SMILES string of the molecule is [2H]C1(c2ccc(N)cc2)C(c2ccc(C(=O)N3CCCC3)c(F)c2)C(C(N)=O)=C2COCCN21. The van der Waals surface area contributed by atoms with Gasteiger partial charge in [-0.05, 0) is 48.2 Å². The largest absolute Gasteiger partial charge is 0.399 e. The zero-order valence-corrected chi connectivity index (χ0v) is 18.2. The molecule has 2 atom stereocenters. The number of carbonyl (C=O) groups is 2. The number of hydrogen-bond donors (Lipinski definition) is 2. The molecule has 2 saturated heterocycles. The van der Waals surface area contributed by atoms with Gasteiger partial charge in [-0.25, -0.2) is 4.39 Å². The topological polar surface area (TPSA) is 102 Å². The van der Waals surface area contributed by atoms with Crippen molar-refractivity contribution in [1.82, 2.24) is 9.80 Å². The number of ether oxygens (including phenoxy) is 1. The summed E-state index contributed by atoms with van der Waals surface area (Å²) in [6.45, 7) is 2.13. The van der Waals surface area contributed by atoms with Crippen LogP contribution in [-0.4, -0.2) is 54.5 Å². The molecule has 4 N–H and O–H groups in total. The lowest BCUT2D eigenvalue weighted by atomic mass is 9.82.